The number of nitrogens with one attached hydrogen (secondary N) is 1. The number of aliphatic imine (C=N–C) groups is 1. The molecule has 2 heterocycles. The number of methoxy groups -OCH3 is 1. The number of aryl methyl sites for hydroxylation is 1. The van der Waals surface area contributed by atoms with Crippen molar-refractivity contribution in [3.05, 3.63) is 83.3 Å². The van der Waals surface area contributed by atoms with Gasteiger partial charge in [0.05, 0.1) is 37.5 Å². The predicted molar refractivity (Wildman–Crippen MR) is 127 cm³/mol. The average Bonchev–Trinajstić information content (AvgIpc) is 3.39. The van der Waals surface area contributed by atoms with Crippen molar-refractivity contribution in [3.63, 3.8) is 0 Å². The van der Waals surface area contributed by atoms with Gasteiger partial charge < -0.3 is 19.7 Å². The van der Waals surface area contributed by atoms with Crippen LogP contribution in [0, 0.1) is 12.7 Å². The van der Waals surface area contributed by atoms with Gasteiger partial charge in [0.2, 0.25) is 5.96 Å². The number of imidazole rings is 1. The van der Waals surface area contributed by atoms with Crippen LogP contribution in [0.15, 0.2) is 65.7 Å². The molecule has 0 saturated carbocycles. The molecule has 1 fully saturated rings. The first kappa shape index (κ1) is 23.2. The summed E-state index contributed by atoms with van der Waals surface area (Å²) in [5.74, 6) is 0.220. The van der Waals surface area contributed by atoms with E-state index in [0.717, 1.165) is 16.9 Å². The lowest BCUT2D eigenvalue weighted by atomic mass is 10.1. The van der Waals surface area contributed by atoms with Crippen LogP contribution in [0.5, 0.6) is 5.75 Å². The molecule has 1 aliphatic heterocycles. The van der Waals surface area contributed by atoms with E-state index in [-0.39, 0.29) is 12.5 Å². The minimum atomic E-state index is -0.710. The number of ether oxygens (including phenoxy) is 1. The summed E-state index contributed by atoms with van der Waals surface area (Å²) >= 11 is 0. The lowest BCUT2D eigenvalue weighted by Gasteiger charge is -2.25. The summed E-state index contributed by atoms with van der Waals surface area (Å²) in [6, 6.07) is 10.6. The third kappa shape index (κ3) is 4.55. The van der Waals surface area contributed by atoms with E-state index in [1.807, 2.05) is 42.8 Å². The van der Waals surface area contributed by atoms with Gasteiger partial charge in [0, 0.05) is 12.7 Å². The maximum absolute atomic E-state index is 13.4. The predicted octanol–water partition coefficient (Wildman–Crippen LogP) is 3.21. The number of guanidine groups is 1. The number of rotatable bonds is 7. The Morgan fingerprint density at radius 2 is 2.03 bits per heavy atom. The van der Waals surface area contributed by atoms with Crippen molar-refractivity contribution >= 4 is 17.9 Å². The Morgan fingerprint density at radius 3 is 2.65 bits per heavy atom. The summed E-state index contributed by atoms with van der Waals surface area (Å²) in [4.78, 5) is 23.4. The van der Waals surface area contributed by atoms with Crippen LogP contribution in [0.25, 0.3) is 11.8 Å². The van der Waals surface area contributed by atoms with Gasteiger partial charge in [-0.05, 0) is 55.3 Å². The highest BCUT2D eigenvalue weighted by Crippen LogP contribution is 2.29. The molecule has 0 aliphatic carbocycles. The van der Waals surface area contributed by atoms with Crippen LogP contribution in [0.4, 0.5) is 4.39 Å². The number of hydrogen-bond donors (Lipinski definition) is 2. The van der Waals surface area contributed by atoms with Crippen LogP contribution in [-0.2, 0) is 4.79 Å². The molecule has 2 aromatic carbocycles. The number of carbonyl (C=O) groups is 1. The van der Waals surface area contributed by atoms with Crippen LogP contribution in [-0.4, -0.2) is 51.7 Å². The smallest absolute Gasteiger partial charge is 0.277 e. The molecule has 0 unspecified atom stereocenters. The lowest BCUT2D eigenvalue weighted by Crippen LogP contribution is -2.38. The van der Waals surface area contributed by atoms with E-state index in [1.54, 1.807) is 31.6 Å². The molecule has 34 heavy (non-hydrogen) atoms. The fraction of sp³-hybridized carbons (Fsp3) is 0.240. The van der Waals surface area contributed by atoms with Crippen molar-refractivity contribution in [3.8, 4) is 11.4 Å². The first-order valence-electron chi connectivity index (χ1n) is 10.9. The number of nitrogens with zero attached hydrogens (tertiary/aromatic N) is 4. The molecule has 1 amide bonds. The molecule has 1 aliphatic rings. The molecular formula is C25H26FN5O3. The molecule has 0 spiro atoms. The number of carbonyl (C=O) groups excluding carboxylic acids is 1. The number of aliphatic hydroxyl groups is 1. The van der Waals surface area contributed by atoms with E-state index in [4.69, 9.17) is 4.74 Å². The van der Waals surface area contributed by atoms with Crippen LogP contribution >= 0.6 is 0 Å². The van der Waals surface area contributed by atoms with Gasteiger partial charge in [0.15, 0.2) is 0 Å². The third-order valence-electron chi connectivity index (χ3n) is 5.48. The second-order valence-corrected chi connectivity index (χ2v) is 7.76. The average molecular weight is 464 g/mol. The Labute approximate surface area is 197 Å². The lowest BCUT2D eigenvalue weighted by molar-refractivity contribution is -0.124. The normalized spacial score (nSPS) is 16.9. The van der Waals surface area contributed by atoms with E-state index in [0.29, 0.717) is 29.5 Å². The zero-order valence-electron chi connectivity index (χ0n) is 19.2. The summed E-state index contributed by atoms with van der Waals surface area (Å²) in [5, 5.41) is 13.2. The van der Waals surface area contributed by atoms with Gasteiger partial charge in [-0.15, -0.1) is 0 Å². The first-order chi connectivity index (χ1) is 16.4. The number of hydrogen-bond acceptors (Lipinski definition) is 5. The topological polar surface area (TPSA) is 92.0 Å². The van der Waals surface area contributed by atoms with Gasteiger partial charge >= 0.3 is 0 Å². The molecule has 1 atom stereocenters. The zero-order chi connectivity index (χ0) is 24.2. The molecule has 1 saturated heterocycles. The number of benzene rings is 2. The maximum Gasteiger partial charge on any atom is 0.277 e. The minimum Gasteiger partial charge on any atom is -0.495 e. The molecule has 2 N–H and O–H groups in total. The zero-order valence-corrected chi connectivity index (χ0v) is 19.2. The van der Waals surface area contributed by atoms with Gasteiger partial charge in [-0.1, -0.05) is 18.2 Å². The van der Waals surface area contributed by atoms with Gasteiger partial charge in [-0.3, -0.25) is 14.7 Å². The van der Waals surface area contributed by atoms with Gasteiger partial charge in [0.25, 0.3) is 5.91 Å². The summed E-state index contributed by atoms with van der Waals surface area (Å²) in [7, 11) is 1.58. The highest BCUT2D eigenvalue weighted by molar-refractivity contribution is 6.15. The molecule has 9 heteroatoms. The molecule has 176 valence electrons. The Balaban J connectivity index is 1.68. The second-order valence-electron chi connectivity index (χ2n) is 7.76. The van der Waals surface area contributed by atoms with Crippen LogP contribution in [0.2, 0.25) is 0 Å². The first-order valence-corrected chi connectivity index (χ1v) is 10.9. The summed E-state index contributed by atoms with van der Waals surface area (Å²) in [6.45, 7) is 3.86. The minimum absolute atomic E-state index is 0.307. The Bertz CT molecular complexity index is 1250. The third-order valence-corrected chi connectivity index (χ3v) is 5.48. The van der Waals surface area contributed by atoms with Crippen molar-refractivity contribution in [2.75, 3.05) is 20.3 Å². The number of halogens is 1. The van der Waals surface area contributed by atoms with Crippen LogP contribution < -0.4 is 10.1 Å². The highest BCUT2D eigenvalue weighted by Gasteiger charge is 2.37. The molecular weight excluding hydrogens is 437 g/mol. The summed E-state index contributed by atoms with van der Waals surface area (Å²) in [6.07, 6.45) is 5.31. The fourth-order valence-electron chi connectivity index (χ4n) is 3.85. The van der Waals surface area contributed by atoms with E-state index in [9.17, 15) is 14.3 Å². The van der Waals surface area contributed by atoms with Crippen molar-refractivity contribution in [1.29, 1.82) is 0 Å². The van der Waals surface area contributed by atoms with Crippen molar-refractivity contribution in [1.82, 2.24) is 19.8 Å². The second kappa shape index (κ2) is 9.88. The quantitative estimate of drug-likeness (QED) is 0.525. The van der Waals surface area contributed by atoms with Crippen LogP contribution in [0.3, 0.4) is 0 Å². The number of amides is 1. The molecule has 1 aromatic heterocycles. The molecule has 0 bridgehead atoms. The molecule has 3 aromatic rings. The molecule has 0 radical (unpaired) electrons. The standard InChI is InChI=1S/C25H26FN5O3/c1-4-27-25-29-20(24(33)31(25)22(14-32)18-6-8-19(26)9-7-18)11-17-5-10-21(23(12-17)34-3)30-13-16(2)28-15-30/h5-13,15,22,32H,4,14H2,1-3H3,(H,27,29)/b20-11-/t22-/m0/s1. The maximum atomic E-state index is 13.4. The van der Waals surface area contributed by atoms with Crippen molar-refractivity contribution in [2.45, 2.75) is 19.9 Å². The Kier molecular flexibility index (Phi) is 6.74. The summed E-state index contributed by atoms with van der Waals surface area (Å²) < 4.78 is 20.8. The van der Waals surface area contributed by atoms with Crippen LogP contribution in [0.1, 0.15) is 29.8 Å². The largest absolute Gasteiger partial charge is 0.495 e. The van der Waals surface area contributed by atoms with Gasteiger partial charge in [-0.2, -0.15) is 0 Å². The van der Waals surface area contributed by atoms with Gasteiger partial charge in [0.1, 0.15) is 17.3 Å². The number of aromatic nitrogens is 2. The van der Waals surface area contributed by atoms with Crippen molar-refractivity contribution < 1.29 is 19.0 Å². The Hall–Kier alpha value is -3.98. The fourth-order valence-corrected chi connectivity index (χ4v) is 3.85. The van der Waals surface area contributed by atoms with E-state index < -0.39 is 11.9 Å². The van der Waals surface area contributed by atoms with E-state index in [2.05, 4.69) is 15.3 Å². The van der Waals surface area contributed by atoms with Gasteiger partial charge in [-0.25, -0.2) is 9.37 Å². The Morgan fingerprint density at radius 1 is 1.26 bits per heavy atom. The molecule has 8 nitrogen and oxygen atoms in total. The SMILES string of the molecule is CC/N=C1\N/C(=C\c2ccc(-n3cnc(C)c3)c(OC)c2)C(=O)N1[C@@H](CO)c1ccc(F)cc1. The number of aliphatic hydroxyl groups excluding tert-OH is 1. The van der Waals surface area contributed by atoms with Crippen molar-refractivity contribution in [2.24, 2.45) is 4.99 Å². The van der Waals surface area contributed by atoms with E-state index in [1.165, 1.54) is 17.0 Å². The highest BCUT2D eigenvalue weighted by atomic mass is 19.1. The summed E-state index contributed by atoms with van der Waals surface area (Å²) in [5.41, 5.74) is 3.36. The molecule has 4 rings (SSSR count). The van der Waals surface area contributed by atoms with E-state index >= 15 is 0 Å². The monoisotopic (exact) mass is 463 g/mol.